The summed E-state index contributed by atoms with van der Waals surface area (Å²) in [5.74, 6) is -0.115. The molecule has 1 aromatic heterocycles. The number of hydrogen-bond donors (Lipinski definition) is 2. The average molecular weight is 369 g/mol. The lowest BCUT2D eigenvalue weighted by atomic mass is 10.0. The number of halogens is 1. The number of carboxylic acid groups (broad SMARTS) is 1. The molecular weight excluding hydrogens is 344 g/mol. The van der Waals surface area contributed by atoms with E-state index in [1.54, 1.807) is 6.92 Å². The van der Waals surface area contributed by atoms with Gasteiger partial charge in [0, 0.05) is 19.1 Å². The van der Waals surface area contributed by atoms with Crippen molar-refractivity contribution in [3.8, 4) is 0 Å². The van der Waals surface area contributed by atoms with Crippen LogP contribution in [-0.2, 0) is 11.3 Å². The van der Waals surface area contributed by atoms with E-state index < -0.39 is 18.1 Å². The summed E-state index contributed by atoms with van der Waals surface area (Å²) in [6, 6.07) is 0.378. The van der Waals surface area contributed by atoms with Crippen molar-refractivity contribution < 1.29 is 9.90 Å². The van der Waals surface area contributed by atoms with Crippen LogP contribution in [0, 0.1) is 12.8 Å². The Morgan fingerprint density at radius 1 is 1.36 bits per heavy atom. The highest BCUT2D eigenvalue weighted by Crippen LogP contribution is 2.32. The molecule has 1 saturated carbocycles. The lowest BCUT2D eigenvalue weighted by Crippen LogP contribution is -2.45. The normalized spacial score (nSPS) is 21.3. The van der Waals surface area contributed by atoms with Gasteiger partial charge in [-0.15, -0.1) is 0 Å². The molecular formula is C17H25ClN4O3. The number of aliphatic carboxylic acids is 1. The van der Waals surface area contributed by atoms with Gasteiger partial charge in [-0.3, -0.25) is 19.1 Å². The molecule has 7 nitrogen and oxygen atoms in total. The van der Waals surface area contributed by atoms with Crippen LogP contribution < -0.4 is 10.9 Å². The Morgan fingerprint density at radius 3 is 2.80 bits per heavy atom. The highest BCUT2D eigenvalue weighted by atomic mass is 35.5. The van der Waals surface area contributed by atoms with E-state index in [0.29, 0.717) is 18.3 Å². The fraction of sp³-hybridized carbons (Fsp3) is 0.706. The molecule has 0 spiro atoms. The number of aromatic nitrogens is 2. The van der Waals surface area contributed by atoms with E-state index >= 15 is 0 Å². The monoisotopic (exact) mass is 368 g/mol. The molecule has 1 aromatic rings. The molecule has 2 fully saturated rings. The first kappa shape index (κ1) is 18.2. The van der Waals surface area contributed by atoms with Crippen molar-refractivity contribution in [2.24, 2.45) is 5.92 Å². The van der Waals surface area contributed by atoms with E-state index in [2.05, 4.69) is 15.2 Å². The maximum absolute atomic E-state index is 12.5. The van der Waals surface area contributed by atoms with Crippen molar-refractivity contribution in [3.63, 3.8) is 0 Å². The summed E-state index contributed by atoms with van der Waals surface area (Å²) < 4.78 is 1.16. The van der Waals surface area contributed by atoms with Crippen molar-refractivity contribution in [1.82, 2.24) is 14.5 Å². The Morgan fingerprint density at radius 2 is 2.12 bits per heavy atom. The van der Waals surface area contributed by atoms with E-state index in [-0.39, 0.29) is 11.0 Å². The molecule has 25 heavy (non-hydrogen) atoms. The minimum Gasteiger partial charge on any atom is -0.480 e. The summed E-state index contributed by atoms with van der Waals surface area (Å²) in [7, 11) is 0. The molecule has 0 bridgehead atoms. The van der Waals surface area contributed by atoms with E-state index in [1.807, 2.05) is 0 Å². The SMILES string of the molecule is Cc1c(Cl)nc(NCC2CCCCN2CC2CC2)c(=O)n1CC(=O)O. The van der Waals surface area contributed by atoms with Crippen molar-refractivity contribution in [2.75, 3.05) is 25.0 Å². The summed E-state index contributed by atoms with van der Waals surface area (Å²) in [5, 5.41) is 12.3. The topological polar surface area (TPSA) is 87.5 Å². The Balaban J connectivity index is 1.72. The van der Waals surface area contributed by atoms with Gasteiger partial charge in [-0.25, -0.2) is 4.98 Å². The van der Waals surface area contributed by atoms with Gasteiger partial charge in [0.15, 0.2) is 11.0 Å². The van der Waals surface area contributed by atoms with Crippen LogP contribution in [0.4, 0.5) is 5.82 Å². The Labute approximate surface area is 152 Å². The van der Waals surface area contributed by atoms with Gasteiger partial charge in [0.25, 0.3) is 5.56 Å². The standard InChI is InChI=1S/C17H25ClN4O3/c1-11-15(18)20-16(17(25)22(11)10-14(23)24)19-8-13-4-2-3-7-21(13)9-12-5-6-12/h12-13H,2-10H2,1H3,(H,19,20)(H,23,24). The third-order valence-electron chi connectivity index (χ3n) is 5.10. The molecule has 3 rings (SSSR count). The van der Waals surface area contributed by atoms with E-state index in [9.17, 15) is 9.59 Å². The number of rotatable bonds is 7. The first-order valence-corrected chi connectivity index (χ1v) is 9.30. The van der Waals surface area contributed by atoms with Gasteiger partial charge in [-0.1, -0.05) is 18.0 Å². The molecule has 0 radical (unpaired) electrons. The number of anilines is 1. The minimum atomic E-state index is -1.08. The maximum Gasteiger partial charge on any atom is 0.323 e. The zero-order valence-corrected chi connectivity index (χ0v) is 15.3. The van der Waals surface area contributed by atoms with Gasteiger partial charge in [0.05, 0.1) is 5.69 Å². The van der Waals surface area contributed by atoms with E-state index in [0.717, 1.165) is 30.0 Å². The van der Waals surface area contributed by atoms with Gasteiger partial charge in [-0.05, 0) is 45.1 Å². The molecule has 1 saturated heterocycles. The summed E-state index contributed by atoms with van der Waals surface area (Å²) in [5.41, 5.74) is -0.0681. The van der Waals surface area contributed by atoms with Crippen LogP contribution in [-0.4, -0.2) is 51.2 Å². The predicted molar refractivity (Wildman–Crippen MR) is 96.3 cm³/mol. The molecule has 2 heterocycles. The fourth-order valence-corrected chi connectivity index (χ4v) is 3.62. The van der Waals surface area contributed by atoms with Crippen molar-refractivity contribution in [3.05, 3.63) is 21.2 Å². The second-order valence-corrected chi connectivity index (χ2v) is 7.45. The van der Waals surface area contributed by atoms with Crippen molar-refractivity contribution in [1.29, 1.82) is 0 Å². The first-order chi connectivity index (χ1) is 12.0. The van der Waals surface area contributed by atoms with Crippen LogP contribution in [0.2, 0.25) is 5.15 Å². The summed E-state index contributed by atoms with van der Waals surface area (Å²) in [6.45, 7) is 4.05. The van der Waals surface area contributed by atoms with Crippen LogP contribution in [0.15, 0.2) is 4.79 Å². The number of piperidine rings is 1. The summed E-state index contributed by atoms with van der Waals surface area (Å²) in [6.07, 6.45) is 6.17. The van der Waals surface area contributed by atoms with Gasteiger partial charge in [0.2, 0.25) is 0 Å². The molecule has 1 unspecified atom stereocenters. The summed E-state index contributed by atoms with van der Waals surface area (Å²) >= 11 is 6.09. The van der Waals surface area contributed by atoms with Crippen molar-refractivity contribution in [2.45, 2.75) is 51.6 Å². The number of nitrogens with one attached hydrogen (secondary N) is 1. The summed E-state index contributed by atoms with van der Waals surface area (Å²) in [4.78, 5) is 30.2. The first-order valence-electron chi connectivity index (χ1n) is 8.92. The Hall–Kier alpha value is -1.60. The number of carboxylic acids is 1. The smallest absolute Gasteiger partial charge is 0.323 e. The third kappa shape index (κ3) is 4.52. The lowest BCUT2D eigenvalue weighted by Gasteiger charge is -2.36. The largest absolute Gasteiger partial charge is 0.480 e. The van der Waals surface area contributed by atoms with Crippen LogP contribution in [0.3, 0.4) is 0 Å². The zero-order valence-electron chi connectivity index (χ0n) is 14.5. The molecule has 1 aliphatic carbocycles. The number of carbonyl (C=O) groups is 1. The molecule has 2 N–H and O–H groups in total. The lowest BCUT2D eigenvalue weighted by molar-refractivity contribution is -0.137. The molecule has 2 aliphatic rings. The molecule has 0 amide bonds. The predicted octanol–water partition coefficient (Wildman–Crippen LogP) is 1.97. The molecule has 1 aliphatic heterocycles. The second-order valence-electron chi connectivity index (χ2n) is 7.09. The van der Waals surface area contributed by atoms with Crippen LogP contribution in [0.25, 0.3) is 0 Å². The zero-order chi connectivity index (χ0) is 18.0. The maximum atomic E-state index is 12.5. The Kier molecular flexibility index (Phi) is 5.64. The quantitative estimate of drug-likeness (QED) is 0.765. The van der Waals surface area contributed by atoms with Gasteiger partial charge >= 0.3 is 5.97 Å². The van der Waals surface area contributed by atoms with Crippen molar-refractivity contribution >= 4 is 23.4 Å². The van der Waals surface area contributed by atoms with E-state index in [4.69, 9.17) is 16.7 Å². The highest BCUT2D eigenvalue weighted by Gasteiger charge is 2.29. The average Bonchev–Trinajstić information content (AvgIpc) is 3.39. The van der Waals surface area contributed by atoms with E-state index in [1.165, 1.54) is 25.7 Å². The molecule has 8 heteroatoms. The second kappa shape index (κ2) is 7.74. The number of hydrogen-bond acceptors (Lipinski definition) is 5. The van der Waals surface area contributed by atoms with Gasteiger partial charge in [0.1, 0.15) is 6.54 Å². The molecule has 138 valence electrons. The minimum absolute atomic E-state index is 0.133. The third-order valence-corrected chi connectivity index (χ3v) is 5.46. The Bertz CT molecular complexity index is 702. The van der Waals surface area contributed by atoms with Crippen LogP contribution >= 0.6 is 11.6 Å². The van der Waals surface area contributed by atoms with Gasteiger partial charge in [-0.2, -0.15) is 0 Å². The van der Waals surface area contributed by atoms with Gasteiger partial charge < -0.3 is 10.4 Å². The van der Waals surface area contributed by atoms with Crippen LogP contribution in [0.5, 0.6) is 0 Å². The highest BCUT2D eigenvalue weighted by molar-refractivity contribution is 6.30. The number of nitrogens with zero attached hydrogens (tertiary/aromatic N) is 3. The molecule has 1 atom stereocenters. The fourth-order valence-electron chi connectivity index (χ4n) is 3.44. The molecule has 0 aromatic carbocycles. The van der Waals surface area contributed by atoms with Crippen LogP contribution in [0.1, 0.15) is 37.8 Å². The number of likely N-dealkylation sites (tertiary alicyclic amines) is 1.